The zero-order valence-corrected chi connectivity index (χ0v) is 18.2. The number of aryl methyl sites for hydroxylation is 1. The molecule has 1 fully saturated rings. The van der Waals surface area contributed by atoms with Gasteiger partial charge in [-0.05, 0) is 51.0 Å². The first-order valence-corrected chi connectivity index (χ1v) is 11.1. The molecule has 0 saturated heterocycles. The average Bonchev–Trinajstić information content (AvgIpc) is 3.56. The lowest BCUT2D eigenvalue weighted by atomic mass is 10.2. The predicted octanol–water partition coefficient (Wildman–Crippen LogP) is 3.30. The van der Waals surface area contributed by atoms with E-state index in [1.165, 1.54) is 4.68 Å². The number of carbonyl (C=O) groups is 1. The first-order valence-electron chi connectivity index (χ1n) is 11.1. The monoisotopic (exact) mass is 430 g/mol. The third-order valence-electron chi connectivity index (χ3n) is 6.18. The van der Waals surface area contributed by atoms with Crippen molar-refractivity contribution in [2.24, 2.45) is 0 Å². The van der Waals surface area contributed by atoms with Gasteiger partial charge in [0.05, 0.1) is 11.4 Å². The van der Waals surface area contributed by atoms with Crippen molar-refractivity contribution in [3.63, 3.8) is 0 Å². The van der Waals surface area contributed by atoms with Gasteiger partial charge in [-0.15, -0.1) is 0 Å². The molecule has 8 heteroatoms. The van der Waals surface area contributed by atoms with Crippen molar-refractivity contribution in [3.8, 4) is 11.5 Å². The number of carbonyl (C=O) groups excluding carboxylic acids is 1. The molecule has 0 spiro atoms. The number of aromatic nitrogens is 5. The molecule has 5 rings (SSSR count). The Labute approximate surface area is 185 Å². The van der Waals surface area contributed by atoms with Gasteiger partial charge in [-0.2, -0.15) is 10.2 Å². The molecule has 1 aromatic carbocycles. The summed E-state index contributed by atoms with van der Waals surface area (Å²) in [6.07, 6.45) is 7.99. The SMILES string of the molecule is Cc1nn([C@H](C)C(=O)NC2CCCC2)c(=O)c2c(-n3cccc3)n(-c3ccccc3)nc12. The van der Waals surface area contributed by atoms with Gasteiger partial charge in [0, 0.05) is 18.4 Å². The van der Waals surface area contributed by atoms with Crippen LogP contribution < -0.4 is 10.9 Å². The maximum absolute atomic E-state index is 13.7. The van der Waals surface area contributed by atoms with Crippen LogP contribution in [-0.4, -0.2) is 36.1 Å². The second-order valence-electron chi connectivity index (χ2n) is 8.39. The van der Waals surface area contributed by atoms with Crippen LogP contribution in [0.1, 0.15) is 44.3 Å². The first kappa shape index (κ1) is 20.2. The summed E-state index contributed by atoms with van der Waals surface area (Å²) in [5.41, 5.74) is 1.64. The van der Waals surface area contributed by atoms with E-state index in [-0.39, 0.29) is 17.5 Å². The van der Waals surface area contributed by atoms with Crippen molar-refractivity contribution in [2.45, 2.75) is 51.6 Å². The summed E-state index contributed by atoms with van der Waals surface area (Å²) in [5.74, 6) is 0.451. The average molecular weight is 431 g/mol. The zero-order valence-electron chi connectivity index (χ0n) is 18.2. The summed E-state index contributed by atoms with van der Waals surface area (Å²) in [6.45, 7) is 3.54. The molecule has 0 radical (unpaired) electrons. The standard InChI is InChI=1S/C24H26N6O2/c1-16-21-20(24(32)29(26-16)17(2)22(31)25-18-10-6-7-11-18)23(28-14-8-9-15-28)30(27-21)19-12-4-3-5-13-19/h3-5,8-9,12-15,17-18H,6-7,10-11H2,1-2H3,(H,25,31)/t17-/m1/s1. The molecular formula is C24H26N6O2. The molecule has 1 saturated carbocycles. The fraction of sp³-hybridized carbons (Fsp3) is 0.333. The molecule has 164 valence electrons. The maximum atomic E-state index is 13.7. The Hall–Kier alpha value is -3.68. The van der Waals surface area contributed by atoms with Crippen LogP contribution in [0.2, 0.25) is 0 Å². The van der Waals surface area contributed by atoms with E-state index in [1.54, 1.807) is 11.6 Å². The smallest absolute Gasteiger partial charge is 0.280 e. The molecule has 32 heavy (non-hydrogen) atoms. The van der Waals surface area contributed by atoms with Gasteiger partial charge in [-0.1, -0.05) is 31.0 Å². The Morgan fingerprint density at radius 2 is 1.75 bits per heavy atom. The minimum Gasteiger partial charge on any atom is -0.352 e. The summed E-state index contributed by atoms with van der Waals surface area (Å²) in [6, 6.07) is 12.9. The second kappa shape index (κ2) is 8.11. The molecule has 3 heterocycles. The molecule has 0 bridgehead atoms. The summed E-state index contributed by atoms with van der Waals surface area (Å²) in [4.78, 5) is 26.6. The van der Waals surface area contributed by atoms with Crippen molar-refractivity contribution in [2.75, 3.05) is 0 Å². The number of rotatable bonds is 5. The largest absolute Gasteiger partial charge is 0.352 e. The quantitative estimate of drug-likeness (QED) is 0.526. The summed E-state index contributed by atoms with van der Waals surface area (Å²) in [5, 5.41) is 12.8. The Bertz CT molecular complexity index is 1310. The van der Waals surface area contributed by atoms with Gasteiger partial charge in [-0.3, -0.25) is 9.59 Å². The van der Waals surface area contributed by atoms with Crippen molar-refractivity contribution >= 4 is 16.8 Å². The molecule has 0 aliphatic heterocycles. The molecule has 1 atom stereocenters. The van der Waals surface area contributed by atoms with Crippen LogP contribution in [0, 0.1) is 6.92 Å². The third kappa shape index (κ3) is 3.41. The minimum atomic E-state index is -0.719. The molecule has 3 aromatic heterocycles. The minimum absolute atomic E-state index is 0.178. The van der Waals surface area contributed by atoms with Gasteiger partial charge in [0.15, 0.2) is 5.82 Å². The van der Waals surface area contributed by atoms with Crippen LogP contribution in [0.5, 0.6) is 0 Å². The Morgan fingerprint density at radius 1 is 1.06 bits per heavy atom. The summed E-state index contributed by atoms with van der Waals surface area (Å²) >= 11 is 0. The highest BCUT2D eigenvalue weighted by atomic mass is 16.2. The molecule has 1 N–H and O–H groups in total. The fourth-order valence-corrected chi connectivity index (χ4v) is 4.46. The lowest BCUT2D eigenvalue weighted by Gasteiger charge is -2.18. The van der Waals surface area contributed by atoms with Gasteiger partial charge in [0.25, 0.3) is 5.56 Å². The molecule has 0 unspecified atom stereocenters. The normalized spacial score (nSPS) is 15.3. The Kier molecular flexibility index (Phi) is 5.13. The number of hydrogen-bond acceptors (Lipinski definition) is 4. The number of nitrogens with zero attached hydrogens (tertiary/aromatic N) is 5. The van der Waals surface area contributed by atoms with Gasteiger partial charge in [0.2, 0.25) is 5.91 Å². The molecule has 1 amide bonds. The van der Waals surface area contributed by atoms with Crippen molar-refractivity contribution < 1.29 is 4.79 Å². The van der Waals surface area contributed by atoms with Crippen LogP contribution >= 0.6 is 0 Å². The van der Waals surface area contributed by atoms with Gasteiger partial charge >= 0.3 is 0 Å². The molecule has 1 aliphatic carbocycles. The highest BCUT2D eigenvalue weighted by Gasteiger charge is 2.27. The van der Waals surface area contributed by atoms with E-state index in [1.807, 2.05) is 66.3 Å². The summed E-state index contributed by atoms with van der Waals surface area (Å²) in [7, 11) is 0. The van der Waals surface area contributed by atoms with Crippen molar-refractivity contribution in [1.29, 1.82) is 0 Å². The molecule has 8 nitrogen and oxygen atoms in total. The van der Waals surface area contributed by atoms with Crippen LogP contribution in [-0.2, 0) is 4.79 Å². The van der Waals surface area contributed by atoms with Crippen molar-refractivity contribution in [1.82, 2.24) is 29.4 Å². The lowest BCUT2D eigenvalue weighted by Crippen LogP contribution is -2.41. The second-order valence-corrected chi connectivity index (χ2v) is 8.39. The number of amides is 1. The van der Waals surface area contributed by atoms with Crippen LogP contribution in [0.25, 0.3) is 22.4 Å². The number of para-hydroxylation sites is 1. The molecule has 1 aliphatic rings. The van der Waals surface area contributed by atoms with Crippen molar-refractivity contribution in [3.05, 3.63) is 70.9 Å². The number of fused-ring (bicyclic) bond motifs is 1. The van der Waals surface area contributed by atoms with E-state index in [4.69, 9.17) is 5.10 Å². The summed E-state index contributed by atoms with van der Waals surface area (Å²) < 4.78 is 4.93. The number of benzene rings is 1. The van der Waals surface area contributed by atoms with Crippen LogP contribution in [0.3, 0.4) is 0 Å². The topological polar surface area (TPSA) is 86.7 Å². The van der Waals surface area contributed by atoms with Gasteiger partial charge in [-0.25, -0.2) is 9.36 Å². The van der Waals surface area contributed by atoms with E-state index >= 15 is 0 Å². The lowest BCUT2D eigenvalue weighted by molar-refractivity contribution is -0.124. The Balaban J connectivity index is 1.68. The Morgan fingerprint density at radius 3 is 2.44 bits per heavy atom. The van der Waals surface area contributed by atoms with Crippen LogP contribution in [0.4, 0.5) is 0 Å². The number of hydrogen-bond donors (Lipinski definition) is 1. The van der Waals surface area contributed by atoms with E-state index in [0.717, 1.165) is 31.4 Å². The van der Waals surface area contributed by atoms with Crippen LogP contribution in [0.15, 0.2) is 59.7 Å². The van der Waals surface area contributed by atoms with E-state index in [9.17, 15) is 9.59 Å². The molecular weight excluding hydrogens is 404 g/mol. The first-order chi connectivity index (χ1) is 15.5. The maximum Gasteiger partial charge on any atom is 0.280 e. The number of nitrogens with one attached hydrogen (secondary N) is 1. The highest BCUT2D eigenvalue weighted by molar-refractivity contribution is 5.88. The molecule has 4 aromatic rings. The third-order valence-corrected chi connectivity index (χ3v) is 6.18. The predicted molar refractivity (Wildman–Crippen MR) is 122 cm³/mol. The van der Waals surface area contributed by atoms with E-state index in [0.29, 0.717) is 22.4 Å². The van der Waals surface area contributed by atoms with Gasteiger partial charge in [0.1, 0.15) is 16.9 Å². The highest BCUT2D eigenvalue weighted by Crippen LogP contribution is 2.25. The van der Waals surface area contributed by atoms with E-state index < -0.39 is 6.04 Å². The zero-order chi connectivity index (χ0) is 22.2. The fourth-order valence-electron chi connectivity index (χ4n) is 4.46. The van der Waals surface area contributed by atoms with Gasteiger partial charge < -0.3 is 9.88 Å². The van der Waals surface area contributed by atoms with E-state index in [2.05, 4.69) is 10.4 Å².